The van der Waals surface area contributed by atoms with Gasteiger partial charge >= 0.3 is 0 Å². The van der Waals surface area contributed by atoms with Crippen LogP contribution in [-0.4, -0.2) is 30.5 Å². The van der Waals surface area contributed by atoms with Gasteiger partial charge in [-0.25, -0.2) is 0 Å². The van der Waals surface area contributed by atoms with E-state index in [0.717, 1.165) is 5.56 Å². The summed E-state index contributed by atoms with van der Waals surface area (Å²) in [6.07, 6.45) is 0.710. The van der Waals surface area contributed by atoms with Crippen molar-refractivity contribution < 1.29 is 14.6 Å². The lowest BCUT2D eigenvalue weighted by Crippen LogP contribution is -2.36. The van der Waals surface area contributed by atoms with Crippen LogP contribution >= 0.6 is 11.6 Å². The Morgan fingerprint density at radius 2 is 2.11 bits per heavy atom. The average Bonchev–Trinajstić information content (AvgIpc) is 2.39. The highest BCUT2D eigenvalue weighted by Gasteiger charge is 2.18. The predicted octanol–water partition coefficient (Wildman–Crippen LogP) is 2.36. The Bertz CT molecular complexity index is 449. The van der Waals surface area contributed by atoms with Crippen molar-refractivity contribution in [2.24, 2.45) is 0 Å². The lowest BCUT2D eigenvalue weighted by atomic mass is 10.0. The second kappa shape index (κ2) is 5.99. The number of rotatable bonds is 5. The number of hydrogen-bond acceptors (Lipinski definition) is 4. The molecule has 0 spiro atoms. The van der Waals surface area contributed by atoms with Crippen LogP contribution in [0.25, 0.3) is 0 Å². The molecule has 1 unspecified atom stereocenters. The van der Waals surface area contributed by atoms with Crippen molar-refractivity contribution in [3.05, 3.63) is 22.7 Å². The van der Waals surface area contributed by atoms with Crippen LogP contribution in [-0.2, 0) is 6.54 Å². The first-order chi connectivity index (χ1) is 9.02. The van der Waals surface area contributed by atoms with E-state index in [1.54, 1.807) is 0 Å². The molecule has 0 aromatic heterocycles. The maximum Gasteiger partial charge on any atom is 0.179 e. The highest BCUT2D eigenvalue weighted by Crippen LogP contribution is 2.38. The van der Waals surface area contributed by atoms with Crippen molar-refractivity contribution in [3.63, 3.8) is 0 Å². The number of nitrogens with one attached hydrogen (secondary N) is 1. The van der Waals surface area contributed by atoms with Gasteiger partial charge in [-0.1, -0.05) is 18.5 Å². The van der Waals surface area contributed by atoms with E-state index in [-0.39, 0.29) is 0 Å². The molecule has 106 valence electrons. The number of ether oxygens (including phenoxy) is 2. The van der Waals surface area contributed by atoms with Crippen molar-refractivity contribution in [3.8, 4) is 11.5 Å². The van der Waals surface area contributed by atoms with E-state index in [1.165, 1.54) is 0 Å². The minimum absolute atomic E-state index is 0.531. The van der Waals surface area contributed by atoms with Crippen molar-refractivity contribution in [1.29, 1.82) is 0 Å². The van der Waals surface area contributed by atoms with Crippen molar-refractivity contribution in [2.45, 2.75) is 32.4 Å². The first kappa shape index (κ1) is 14.4. The van der Waals surface area contributed by atoms with Gasteiger partial charge in [0.15, 0.2) is 11.5 Å². The smallest absolute Gasteiger partial charge is 0.179 e. The molecular formula is C14H20ClNO3. The Balaban J connectivity index is 2.00. The number of halogens is 1. The molecule has 0 aliphatic carbocycles. The molecule has 0 bridgehead atoms. The molecule has 4 nitrogen and oxygen atoms in total. The highest BCUT2D eigenvalue weighted by atomic mass is 35.5. The van der Waals surface area contributed by atoms with Gasteiger partial charge in [-0.05, 0) is 31.0 Å². The zero-order valence-electron chi connectivity index (χ0n) is 11.3. The molecule has 2 rings (SSSR count). The van der Waals surface area contributed by atoms with Gasteiger partial charge in [-0.2, -0.15) is 0 Å². The molecule has 0 saturated heterocycles. The standard InChI is InChI=1S/C14H20ClNO3/c1-3-14(2,17)9-16-8-10-6-11(15)13-12(7-10)18-4-5-19-13/h6-7,16-17H,3-5,8-9H2,1-2H3. The second-order valence-electron chi connectivity index (χ2n) is 5.06. The van der Waals surface area contributed by atoms with Gasteiger partial charge in [0, 0.05) is 13.1 Å². The number of aliphatic hydroxyl groups is 1. The molecule has 0 fully saturated rings. The summed E-state index contributed by atoms with van der Waals surface area (Å²) in [5.41, 5.74) is 0.332. The summed E-state index contributed by atoms with van der Waals surface area (Å²) < 4.78 is 11.0. The normalized spacial score (nSPS) is 17.1. The highest BCUT2D eigenvalue weighted by molar-refractivity contribution is 6.32. The van der Waals surface area contributed by atoms with Crippen LogP contribution < -0.4 is 14.8 Å². The summed E-state index contributed by atoms with van der Waals surface area (Å²) in [5, 5.41) is 13.7. The molecule has 0 amide bonds. The Hall–Kier alpha value is -0.970. The first-order valence-electron chi connectivity index (χ1n) is 6.53. The number of benzene rings is 1. The van der Waals surface area contributed by atoms with E-state index in [4.69, 9.17) is 21.1 Å². The fraction of sp³-hybridized carbons (Fsp3) is 0.571. The summed E-state index contributed by atoms with van der Waals surface area (Å²) in [7, 11) is 0. The second-order valence-corrected chi connectivity index (χ2v) is 5.46. The van der Waals surface area contributed by atoms with Crippen molar-refractivity contribution in [2.75, 3.05) is 19.8 Å². The molecule has 0 saturated carbocycles. The SMILES string of the molecule is CCC(C)(O)CNCc1cc(Cl)c2c(c1)OCCO2. The van der Waals surface area contributed by atoms with Gasteiger partial charge < -0.3 is 19.9 Å². The van der Waals surface area contributed by atoms with Gasteiger partial charge in [0.1, 0.15) is 13.2 Å². The Morgan fingerprint density at radius 1 is 1.37 bits per heavy atom. The largest absolute Gasteiger partial charge is 0.486 e. The topological polar surface area (TPSA) is 50.7 Å². The molecule has 19 heavy (non-hydrogen) atoms. The van der Waals surface area contributed by atoms with E-state index in [1.807, 2.05) is 26.0 Å². The van der Waals surface area contributed by atoms with Gasteiger partial charge in [-0.3, -0.25) is 0 Å². The molecular weight excluding hydrogens is 266 g/mol. The number of fused-ring (bicyclic) bond motifs is 1. The maximum absolute atomic E-state index is 9.91. The Kier molecular flexibility index (Phi) is 4.55. The Morgan fingerprint density at radius 3 is 2.84 bits per heavy atom. The minimum atomic E-state index is -0.683. The lowest BCUT2D eigenvalue weighted by molar-refractivity contribution is 0.0555. The Labute approximate surface area is 118 Å². The molecule has 1 aromatic carbocycles. The van der Waals surface area contributed by atoms with Crippen LogP contribution in [0.5, 0.6) is 11.5 Å². The van der Waals surface area contributed by atoms with Gasteiger partial charge in [0.05, 0.1) is 10.6 Å². The minimum Gasteiger partial charge on any atom is -0.486 e. The third kappa shape index (κ3) is 3.75. The van der Waals surface area contributed by atoms with E-state index >= 15 is 0 Å². The zero-order chi connectivity index (χ0) is 13.9. The molecule has 1 aliphatic rings. The number of hydrogen-bond donors (Lipinski definition) is 2. The van der Waals surface area contributed by atoms with Crippen molar-refractivity contribution in [1.82, 2.24) is 5.32 Å². The molecule has 1 aliphatic heterocycles. The molecule has 2 N–H and O–H groups in total. The molecule has 5 heteroatoms. The average molecular weight is 286 g/mol. The zero-order valence-corrected chi connectivity index (χ0v) is 12.1. The van der Waals surface area contributed by atoms with E-state index in [9.17, 15) is 5.11 Å². The van der Waals surface area contributed by atoms with Crippen LogP contribution in [0.1, 0.15) is 25.8 Å². The van der Waals surface area contributed by atoms with E-state index in [0.29, 0.717) is 49.2 Å². The van der Waals surface area contributed by atoms with Gasteiger partial charge in [-0.15, -0.1) is 0 Å². The van der Waals surface area contributed by atoms with Gasteiger partial charge in [0.2, 0.25) is 0 Å². The van der Waals surface area contributed by atoms with Crippen LogP contribution in [0.4, 0.5) is 0 Å². The van der Waals surface area contributed by atoms with E-state index < -0.39 is 5.60 Å². The summed E-state index contributed by atoms with van der Waals surface area (Å²) in [6, 6.07) is 3.79. The summed E-state index contributed by atoms with van der Waals surface area (Å²) in [6.45, 7) is 6.02. The van der Waals surface area contributed by atoms with E-state index in [2.05, 4.69) is 5.32 Å². The summed E-state index contributed by atoms with van der Waals surface area (Å²) >= 11 is 6.16. The first-order valence-corrected chi connectivity index (χ1v) is 6.91. The van der Waals surface area contributed by atoms with Crippen LogP contribution in [0.3, 0.4) is 0 Å². The lowest BCUT2D eigenvalue weighted by Gasteiger charge is -2.23. The van der Waals surface area contributed by atoms with Crippen LogP contribution in [0.2, 0.25) is 5.02 Å². The van der Waals surface area contributed by atoms with Crippen LogP contribution in [0.15, 0.2) is 12.1 Å². The quantitative estimate of drug-likeness (QED) is 0.872. The molecule has 1 heterocycles. The monoisotopic (exact) mass is 285 g/mol. The van der Waals surface area contributed by atoms with Crippen molar-refractivity contribution >= 4 is 11.6 Å². The summed E-state index contributed by atoms with van der Waals surface area (Å²) in [5.74, 6) is 1.31. The maximum atomic E-state index is 9.91. The summed E-state index contributed by atoms with van der Waals surface area (Å²) in [4.78, 5) is 0. The molecule has 0 radical (unpaired) electrons. The third-order valence-corrected chi connectivity index (χ3v) is 3.53. The van der Waals surface area contributed by atoms with Gasteiger partial charge in [0.25, 0.3) is 0 Å². The third-order valence-electron chi connectivity index (χ3n) is 3.25. The fourth-order valence-electron chi connectivity index (χ4n) is 1.87. The molecule has 1 aromatic rings. The fourth-order valence-corrected chi connectivity index (χ4v) is 2.16. The predicted molar refractivity (Wildman–Crippen MR) is 75.1 cm³/mol. The van der Waals surface area contributed by atoms with Crippen LogP contribution in [0, 0.1) is 0 Å². The molecule has 1 atom stereocenters.